The zero-order valence-corrected chi connectivity index (χ0v) is 10.2. The largest absolute Gasteiger partial charge is 0.347 e. The average molecular weight is 226 g/mol. The molecule has 0 aromatic carbocycles. The van der Waals surface area contributed by atoms with E-state index in [2.05, 4.69) is 26.6 Å². The first-order chi connectivity index (χ1) is 7.27. The van der Waals surface area contributed by atoms with Gasteiger partial charge in [0, 0.05) is 24.6 Å². The number of hydrogen-bond donors (Lipinski definition) is 1. The second-order valence-electron chi connectivity index (χ2n) is 4.07. The van der Waals surface area contributed by atoms with E-state index in [0.29, 0.717) is 6.04 Å². The van der Waals surface area contributed by atoms with Crippen LogP contribution in [0.1, 0.15) is 25.1 Å². The van der Waals surface area contributed by atoms with E-state index in [1.54, 1.807) is 0 Å². The molecule has 1 N–H and O–H groups in total. The fourth-order valence-electron chi connectivity index (χ4n) is 1.97. The van der Waals surface area contributed by atoms with Crippen molar-refractivity contribution >= 4 is 16.7 Å². The summed E-state index contributed by atoms with van der Waals surface area (Å²) in [5.41, 5.74) is 0. The maximum absolute atomic E-state index is 4.43. The highest BCUT2D eigenvalue weighted by atomic mass is 32.1. The summed E-state index contributed by atoms with van der Waals surface area (Å²) in [4.78, 5) is 6.72. The first kappa shape index (κ1) is 10.8. The molecule has 1 aromatic heterocycles. The molecule has 2 heterocycles. The minimum atomic E-state index is 0.618. The molecule has 0 aliphatic carbocycles. The van der Waals surface area contributed by atoms with Gasteiger partial charge in [0.25, 0.3) is 0 Å². The van der Waals surface area contributed by atoms with Crippen molar-refractivity contribution in [1.29, 1.82) is 0 Å². The smallest absolute Gasteiger partial charge is 0.205 e. The van der Waals surface area contributed by atoms with Gasteiger partial charge in [-0.1, -0.05) is 0 Å². The van der Waals surface area contributed by atoms with E-state index in [1.807, 2.05) is 6.92 Å². The maximum Gasteiger partial charge on any atom is 0.205 e. The summed E-state index contributed by atoms with van der Waals surface area (Å²) in [6.45, 7) is 4.22. The Morgan fingerprint density at radius 3 is 3.00 bits per heavy atom. The van der Waals surface area contributed by atoms with Crippen molar-refractivity contribution in [1.82, 2.24) is 14.7 Å². The molecular formula is C10H18N4S. The average Bonchev–Trinajstić information content (AvgIpc) is 2.53. The standard InChI is InChI=1S/C10H18N4S/c1-8-12-10(15-13-8)14(2)9-4-3-6-11-7-5-9/h9,11H,3-7H2,1-2H3. The van der Waals surface area contributed by atoms with E-state index in [0.717, 1.165) is 24.0 Å². The number of nitrogens with one attached hydrogen (secondary N) is 1. The van der Waals surface area contributed by atoms with Crippen LogP contribution in [0.4, 0.5) is 5.13 Å². The molecule has 1 saturated heterocycles. The molecule has 1 aliphatic rings. The number of hydrogen-bond acceptors (Lipinski definition) is 5. The van der Waals surface area contributed by atoms with Crippen LogP contribution in [0.3, 0.4) is 0 Å². The number of rotatable bonds is 2. The van der Waals surface area contributed by atoms with Crippen molar-refractivity contribution in [3.8, 4) is 0 Å². The van der Waals surface area contributed by atoms with Gasteiger partial charge in [0.2, 0.25) is 5.13 Å². The minimum Gasteiger partial charge on any atom is -0.347 e. The Labute approximate surface area is 94.9 Å². The minimum absolute atomic E-state index is 0.618. The molecular weight excluding hydrogens is 208 g/mol. The van der Waals surface area contributed by atoms with Crippen LogP contribution in [0.2, 0.25) is 0 Å². The van der Waals surface area contributed by atoms with Gasteiger partial charge < -0.3 is 10.2 Å². The molecule has 4 nitrogen and oxygen atoms in total. The molecule has 5 heteroatoms. The third-order valence-corrected chi connectivity index (χ3v) is 3.81. The number of aryl methyl sites for hydroxylation is 1. The van der Waals surface area contributed by atoms with Crippen LogP contribution in [-0.4, -0.2) is 35.5 Å². The number of aromatic nitrogens is 2. The van der Waals surface area contributed by atoms with Gasteiger partial charge in [-0.25, -0.2) is 4.98 Å². The highest BCUT2D eigenvalue weighted by molar-refractivity contribution is 7.09. The summed E-state index contributed by atoms with van der Waals surface area (Å²) in [5, 5.41) is 4.48. The Balaban J connectivity index is 2.02. The molecule has 1 aliphatic heterocycles. The van der Waals surface area contributed by atoms with Crippen molar-refractivity contribution in [3.63, 3.8) is 0 Å². The Hall–Kier alpha value is -0.680. The number of nitrogens with zero attached hydrogens (tertiary/aromatic N) is 3. The lowest BCUT2D eigenvalue weighted by molar-refractivity contribution is 0.565. The molecule has 1 atom stereocenters. The quantitative estimate of drug-likeness (QED) is 0.828. The highest BCUT2D eigenvalue weighted by Gasteiger charge is 2.19. The van der Waals surface area contributed by atoms with Crippen LogP contribution < -0.4 is 10.2 Å². The van der Waals surface area contributed by atoms with E-state index in [-0.39, 0.29) is 0 Å². The predicted molar refractivity (Wildman–Crippen MR) is 63.6 cm³/mol. The molecule has 2 rings (SSSR count). The highest BCUT2D eigenvalue weighted by Crippen LogP contribution is 2.22. The topological polar surface area (TPSA) is 41.1 Å². The summed E-state index contributed by atoms with van der Waals surface area (Å²) in [7, 11) is 2.13. The van der Waals surface area contributed by atoms with Gasteiger partial charge in [0.1, 0.15) is 5.82 Å². The predicted octanol–water partition coefficient (Wildman–Crippen LogP) is 1.42. The second kappa shape index (κ2) is 4.90. The lowest BCUT2D eigenvalue weighted by Gasteiger charge is -2.25. The molecule has 84 valence electrons. The first-order valence-corrected chi connectivity index (χ1v) is 6.28. The third-order valence-electron chi connectivity index (χ3n) is 2.91. The lowest BCUT2D eigenvalue weighted by atomic mass is 10.1. The van der Waals surface area contributed by atoms with Crippen molar-refractivity contribution in [2.24, 2.45) is 0 Å². The summed E-state index contributed by atoms with van der Waals surface area (Å²) < 4.78 is 4.23. The Bertz CT molecular complexity index is 304. The van der Waals surface area contributed by atoms with Crippen molar-refractivity contribution in [3.05, 3.63) is 5.82 Å². The Morgan fingerprint density at radius 1 is 1.40 bits per heavy atom. The fraction of sp³-hybridized carbons (Fsp3) is 0.800. The molecule has 15 heavy (non-hydrogen) atoms. The first-order valence-electron chi connectivity index (χ1n) is 5.51. The normalized spacial score (nSPS) is 22.4. The van der Waals surface area contributed by atoms with Gasteiger partial charge in [-0.05, 0) is 39.3 Å². The molecule has 1 fully saturated rings. The molecule has 0 amide bonds. The zero-order valence-electron chi connectivity index (χ0n) is 9.36. The lowest BCUT2D eigenvalue weighted by Crippen LogP contribution is -2.32. The fourth-order valence-corrected chi connectivity index (χ4v) is 2.68. The van der Waals surface area contributed by atoms with Crippen molar-refractivity contribution < 1.29 is 0 Å². The summed E-state index contributed by atoms with van der Waals surface area (Å²) in [6, 6.07) is 0.618. The Morgan fingerprint density at radius 2 is 2.27 bits per heavy atom. The van der Waals surface area contributed by atoms with Gasteiger partial charge in [0.05, 0.1) is 0 Å². The van der Waals surface area contributed by atoms with Crippen LogP contribution in [-0.2, 0) is 0 Å². The summed E-state index contributed by atoms with van der Waals surface area (Å²) in [6.07, 6.45) is 3.71. The molecule has 1 aromatic rings. The van der Waals surface area contributed by atoms with Crippen LogP contribution in [0.5, 0.6) is 0 Å². The van der Waals surface area contributed by atoms with Gasteiger partial charge in [0.15, 0.2) is 0 Å². The summed E-state index contributed by atoms with van der Waals surface area (Å²) in [5.74, 6) is 0.883. The zero-order chi connectivity index (χ0) is 10.7. The van der Waals surface area contributed by atoms with E-state index < -0.39 is 0 Å². The maximum atomic E-state index is 4.43. The number of anilines is 1. The van der Waals surface area contributed by atoms with E-state index >= 15 is 0 Å². The van der Waals surface area contributed by atoms with Crippen LogP contribution in [0, 0.1) is 6.92 Å². The molecule has 0 bridgehead atoms. The molecule has 0 radical (unpaired) electrons. The van der Waals surface area contributed by atoms with Gasteiger partial charge >= 0.3 is 0 Å². The third kappa shape index (κ3) is 2.66. The van der Waals surface area contributed by atoms with Crippen LogP contribution in [0.15, 0.2) is 0 Å². The molecule has 1 unspecified atom stereocenters. The summed E-state index contributed by atoms with van der Waals surface area (Å²) >= 11 is 1.50. The van der Waals surface area contributed by atoms with Gasteiger partial charge in [-0.3, -0.25) is 0 Å². The van der Waals surface area contributed by atoms with E-state index in [4.69, 9.17) is 0 Å². The van der Waals surface area contributed by atoms with E-state index in [9.17, 15) is 0 Å². The van der Waals surface area contributed by atoms with Crippen LogP contribution in [0.25, 0.3) is 0 Å². The van der Waals surface area contributed by atoms with Gasteiger partial charge in [-0.2, -0.15) is 4.37 Å². The molecule has 0 saturated carbocycles. The van der Waals surface area contributed by atoms with E-state index in [1.165, 1.54) is 30.8 Å². The Kier molecular flexibility index (Phi) is 3.53. The van der Waals surface area contributed by atoms with Crippen molar-refractivity contribution in [2.45, 2.75) is 32.2 Å². The van der Waals surface area contributed by atoms with Crippen molar-refractivity contribution in [2.75, 3.05) is 25.0 Å². The SMILES string of the molecule is Cc1nsc(N(C)C2CCCNCC2)n1. The second-order valence-corrected chi connectivity index (χ2v) is 4.80. The van der Waals surface area contributed by atoms with Gasteiger partial charge in [-0.15, -0.1) is 0 Å². The monoisotopic (exact) mass is 226 g/mol. The van der Waals surface area contributed by atoms with Crippen LogP contribution >= 0.6 is 11.5 Å². The molecule has 0 spiro atoms.